The van der Waals surface area contributed by atoms with Crippen LogP contribution in [-0.4, -0.2) is 39.9 Å². The first kappa shape index (κ1) is 22.0. The number of carbonyl (C=O) groups excluding carboxylic acids is 1. The van der Waals surface area contributed by atoms with Crippen molar-refractivity contribution in [2.24, 2.45) is 0 Å². The number of hydrogen-bond donors (Lipinski definition) is 1. The molecule has 0 bridgehead atoms. The number of alkyl halides is 3. The normalized spacial score (nSPS) is 22.0. The summed E-state index contributed by atoms with van der Waals surface area (Å²) in [4.78, 5) is 14.7. The van der Waals surface area contributed by atoms with Gasteiger partial charge in [-0.25, -0.2) is 4.68 Å². The van der Waals surface area contributed by atoms with Gasteiger partial charge in [-0.2, -0.15) is 18.3 Å². The van der Waals surface area contributed by atoms with Crippen LogP contribution in [0.1, 0.15) is 72.2 Å². The number of carbonyl (C=O) groups is 1. The Kier molecular flexibility index (Phi) is 5.94. The van der Waals surface area contributed by atoms with Crippen LogP contribution in [0.3, 0.4) is 0 Å². The largest absolute Gasteiger partial charge is 0.410 e. The summed E-state index contributed by atoms with van der Waals surface area (Å²) in [5.41, 5.74) is 1.63. The summed E-state index contributed by atoms with van der Waals surface area (Å²) < 4.78 is 42.7. The summed E-state index contributed by atoms with van der Waals surface area (Å²) in [5, 5.41) is 7.11. The predicted molar refractivity (Wildman–Crippen MR) is 113 cm³/mol. The monoisotopic (exact) mass is 454 g/mol. The molecule has 2 aliphatic rings. The van der Waals surface area contributed by atoms with Crippen LogP contribution < -0.4 is 5.32 Å². The maximum Gasteiger partial charge on any atom is 0.410 e. The van der Waals surface area contributed by atoms with Gasteiger partial charge in [0.15, 0.2) is 11.7 Å². The second-order valence-electron chi connectivity index (χ2n) is 8.56. The van der Waals surface area contributed by atoms with E-state index >= 15 is 0 Å². The highest BCUT2D eigenvalue weighted by molar-refractivity contribution is 6.36. The summed E-state index contributed by atoms with van der Waals surface area (Å²) >= 11 is 6.45. The number of halogens is 4. The fourth-order valence-corrected chi connectivity index (χ4v) is 4.80. The lowest BCUT2D eigenvalue weighted by Gasteiger charge is -2.33. The van der Waals surface area contributed by atoms with E-state index in [1.807, 2.05) is 31.2 Å². The number of aromatic nitrogens is 2. The van der Waals surface area contributed by atoms with Crippen molar-refractivity contribution in [3.8, 4) is 0 Å². The smallest absolute Gasteiger partial charge is 0.362 e. The molecule has 0 unspecified atom stereocenters. The van der Waals surface area contributed by atoms with Gasteiger partial charge in [0.2, 0.25) is 0 Å². The molecule has 4 rings (SSSR count). The first-order chi connectivity index (χ1) is 14.7. The molecule has 0 spiro atoms. The fraction of sp³-hybridized carbons (Fsp3) is 0.545. The molecule has 1 saturated carbocycles. The van der Waals surface area contributed by atoms with Gasteiger partial charge in [-0.15, -0.1) is 0 Å². The van der Waals surface area contributed by atoms with Gasteiger partial charge >= 0.3 is 6.18 Å². The molecule has 1 amide bonds. The van der Waals surface area contributed by atoms with E-state index in [4.69, 9.17) is 11.6 Å². The van der Waals surface area contributed by atoms with Crippen LogP contribution in [-0.2, 0) is 0 Å². The Hall–Kier alpha value is -2.22. The predicted octanol–water partition coefficient (Wildman–Crippen LogP) is 5.91. The zero-order chi connectivity index (χ0) is 22.3. The van der Waals surface area contributed by atoms with E-state index in [0.717, 1.165) is 47.9 Å². The standard InChI is InChI=1S/C22H26ClF3N4O/c1-13-8-10-14(11-9-13)16-12-17(22(24,25)26)30-20(27-16)18(23)19(28-30)21(31)29(2)15-6-4-3-5-7-15/h8-11,15-17,27H,3-7,12H2,1-2H3/t16-,17+/m1/s1. The molecule has 9 heteroatoms. The number of anilines is 1. The summed E-state index contributed by atoms with van der Waals surface area (Å²) in [6, 6.07) is 4.94. The second kappa shape index (κ2) is 8.37. The third kappa shape index (κ3) is 4.27. The number of rotatable bonds is 3. The maximum atomic E-state index is 13.9. The molecule has 0 radical (unpaired) electrons. The molecule has 1 aromatic carbocycles. The lowest BCUT2D eigenvalue weighted by Crippen LogP contribution is -2.39. The van der Waals surface area contributed by atoms with Crippen molar-refractivity contribution in [3.63, 3.8) is 0 Å². The van der Waals surface area contributed by atoms with Gasteiger partial charge in [-0.1, -0.05) is 60.7 Å². The number of aryl methyl sites for hydroxylation is 1. The quantitative estimate of drug-likeness (QED) is 0.627. The van der Waals surface area contributed by atoms with Gasteiger partial charge in [0.25, 0.3) is 5.91 Å². The average molecular weight is 455 g/mol. The van der Waals surface area contributed by atoms with E-state index < -0.39 is 24.2 Å². The molecule has 2 atom stereocenters. The van der Waals surface area contributed by atoms with Crippen LogP contribution in [0.15, 0.2) is 24.3 Å². The SMILES string of the molecule is Cc1ccc([C@H]2C[C@@H](C(F)(F)F)n3nc(C(=O)N(C)C4CCCCC4)c(Cl)c3N2)cc1. The van der Waals surface area contributed by atoms with Crippen molar-refractivity contribution in [1.82, 2.24) is 14.7 Å². The van der Waals surface area contributed by atoms with Gasteiger partial charge < -0.3 is 10.2 Å². The minimum atomic E-state index is -4.52. The lowest BCUT2D eigenvalue weighted by molar-refractivity contribution is -0.173. The van der Waals surface area contributed by atoms with Crippen LogP contribution in [0.25, 0.3) is 0 Å². The van der Waals surface area contributed by atoms with Gasteiger partial charge in [0.1, 0.15) is 10.8 Å². The summed E-state index contributed by atoms with van der Waals surface area (Å²) in [5.74, 6) is -0.394. The maximum absolute atomic E-state index is 13.9. The number of fused-ring (bicyclic) bond motifs is 1. The summed E-state index contributed by atoms with van der Waals surface area (Å²) in [7, 11) is 1.68. The third-order valence-corrected chi connectivity index (χ3v) is 6.78. The van der Waals surface area contributed by atoms with E-state index in [2.05, 4.69) is 10.4 Å². The van der Waals surface area contributed by atoms with Gasteiger partial charge in [0, 0.05) is 19.5 Å². The molecule has 1 fully saturated rings. The fourth-order valence-electron chi connectivity index (χ4n) is 4.54. The number of nitrogens with one attached hydrogen (secondary N) is 1. The highest BCUT2D eigenvalue weighted by Gasteiger charge is 2.48. The lowest BCUT2D eigenvalue weighted by atomic mass is 9.94. The van der Waals surface area contributed by atoms with Crippen molar-refractivity contribution in [1.29, 1.82) is 0 Å². The Labute approximate surface area is 184 Å². The second-order valence-corrected chi connectivity index (χ2v) is 8.94. The Morgan fingerprint density at radius 1 is 1.19 bits per heavy atom. The summed E-state index contributed by atoms with van der Waals surface area (Å²) in [6.45, 7) is 1.92. The van der Waals surface area contributed by atoms with Crippen LogP contribution in [0.2, 0.25) is 5.02 Å². The topological polar surface area (TPSA) is 50.2 Å². The van der Waals surface area contributed by atoms with Crippen molar-refractivity contribution >= 4 is 23.3 Å². The summed E-state index contributed by atoms with van der Waals surface area (Å²) in [6.07, 6.45) is 0.208. The third-order valence-electron chi connectivity index (χ3n) is 6.42. The Morgan fingerprint density at radius 3 is 2.45 bits per heavy atom. The first-order valence-electron chi connectivity index (χ1n) is 10.6. The van der Waals surface area contributed by atoms with Crippen LogP contribution in [0.5, 0.6) is 0 Å². The average Bonchev–Trinajstić information content (AvgIpc) is 3.09. The highest BCUT2D eigenvalue weighted by atomic mass is 35.5. The molecule has 0 saturated heterocycles. The van der Waals surface area contributed by atoms with E-state index in [0.29, 0.717) is 0 Å². The number of benzene rings is 1. The molecule has 5 nitrogen and oxygen atoms in total. The molecule has 2 heterocycles. The highest BCUT2D eigenvalue weighted by Crippen LogP contribution is 2.46. The molecular formula is C22H26ClF3N4O. The Morgan fingerprint density at radius 2 is 1.84 bits per heavy atom. The Bertz CT molecular complexity index is 951. The van der Waals surface area contributed by atoms with Crippen molar-refractivity contribution in [2.45, 2.75) is 69.8 Å². The number of nitrogens with zero attached hydrogens (tertiary/aromatic N) is 3. The first-order valence-corrected chi connectivity index (χ1v) is 11.0. The molecular weight excluding hydrogens is 429 g/mol. The van der Waals surface area contributed by atoms with Crippen molar-refractivity contribution in [3.05, 3.63) is 46.1 Å². The zero-order valence-corrected chi connectivity index (χ0v) is 18.3. The van der Waals surface area contributed by atoms with Gasteiger partial charge in [0.05, 0.1) is 6.04 Å². The van der Waals surface area contributed by atoms with E-state index in [9.17, 15) is 18.0 Å². The van der Waals surface area contributed by atoms with Gasteiger partial charge in [-0.3, -0.25) is 4.79 Å². The van der Waals surface area contributed by atoms with Crippen molar-refractivity contribution in [2.75, 3.05) is 12.4 Å². The molecule has 31 heavy (non-hydrogen) atoms. The molecule has 1 N–H and O–H groups in total. The number of hydrogen-bond acceptors (Lipinski definition) is 3. The number of amides is 1. The van der Waals surface area contributed by atoms with E-state index in [1.165, 1.54) is 0 Å². The zero-order valence-electron chi connectivity index (χ0n) is 17.5. The molecule has 1 aromatic heterocycles. The molecule has 2 aromatic rings. The minimum Gasteiger partial charge on any atom is -0.362 e. The molecule has 1 aliphatic carbocycles. The van der Waals surface area contributed by atoms with E-state index in [1.54, 1.807) is 11.9 Å². The van der Waals surface area contributed by atoms with Crippen LogP contribution >= 0.6 is 11.6 Å². The Balaban J connectivity index is 1.68. The van der Waals surface area contributed by atoms with Gasteiger partial charge in [-0.05, 0) is 25.3 Å². The van der Waals surface area contributed by atoms with E-state index in [-0.39, 0.29) is 29.0 Å². The van der Waals surface area contributed by atoms with Crippen LogP contribution in [0, 0.1) is 6.92 Å². The van der Waals surface area contributed by atoms with Crippen molar-refractivity contribution < 1.29 is 18.0 Å². The van der Waals surface area contributed by atoms with Crippen LogP contribution in [0.4, 0.5) is 19.0 Å². The molecule has 1 aliphatic heterocycles. The minimum absolute atomic E-state index is 0.0428. The molecule has 168 valence electrons.